The first-order valence-corrected chi connectivity index (χ1v) is 1.92. The molecule has 0 bridgehead atoms. The molecule has 0 heterocycles. The van der Waals surface area contributed by atoms with Gasteiger partial charge in [-0.05, 0) is 0 Å². The van der Waals surface area contributed by atoms with Gasteiger partial charge in [-0.1, -0.05) is 6.92 Å². The average molecular weight is 143 g/mol. The van der Waals surface area contributed by atoms with Gasteiger partial charge in [0.05, 0.1) is 0 Å². The van der Waals surface area contributed by atoms with Crippen molar-refractivity contribution in [3.8, 4) is 0 Å². The summed E-state index contributed by atoms with van der Waals surface area (Å²) in [7, 11) is 0. The number of ketones is 1. The predicted octanol–water partition coefficient (Wildman–Crippen LogP) is -5.11. The number of carbonyl (C=O) groups excluding carboxylic acids is 2. The number of carbonyl (C=O) groups is 2. The molecule has 9 heavy (non-hydrogen) atoms. The number of rotatable bonds is 2. The molecule has 0 rings (SSSR count). The summed E-state index contributed by atoms with van der Waals surface area (Å²) in [6, 6.07) is 0. The van der Waals surface area contributed by atoms with Crippen LogP contribution in [-0.4, -0.2) is 17.2 Å². The van der Waals surface area contributed by atoms with E-state index in [2.05, 4.69) is 0 Å². The third kappa shape index (κ3) is 8.10. The van der Waals surface area contributed by atoms with Crippen molar-refractivity contribution < 1.29 is 49.7 Å². The van der Waals surface area contributed by atoms with Gasteiger partial charge in [0.25, 0.3) is 0 Å². The molecule has 0 saturated carbocycles. The second-order valence-electron chi connectivity index (χ2n) is 1.06. The minimum Gasteiger partial charge on any atom is -0.542 e. The molecule has 0 radical (unpaired) electrons. The molecule has 48 valence electrons. The number of carboxylic acids is 1. The summed E-state index contributed by atoms with van der Waals surface area (Å²) in [6.07, 6.45) is 0.0162. The van der Waals surface area contributed by atoms with Crippen molar-refractivity contribution in [1.82, 2.24) is 0 Å². The van der Waals surface area contributed by atoms with E-state index in [1.54, 1.807) is 0 Å². The van der Waals surface area contributed by atoms with E-state index in [1.165, 1.54) is 6.92 Å². The van der Waals surface area contributed by atoms with E-state index in [0.717, 1.165) is 0 Å². The van der Waals surface area contributed by atoms with Crippen molar-refractivity contribution >= 4 is 11.8 Å². The summed E-state index contributed by atoms with van der Waals surface area (Å²) in [5.41, 5.74) is 0. The van der Waals surface area contributed by atoms with Crippen LogP contribution in [0.5, 0.6) is 0 Å². The zero-order valence-corrected chi connectivity index (χ0v) is 7.43. The van der Waals surface area contributed by atoms with Crippen molar-refractivity contribution in [2.24, 2.45) is 0 Å². The Morgan fingerprint density at radius 1 is 1.44 bits per heavy atom. The third-order valence-corrected chi connectivity index (χ3v) is 0.549. The summed E-state index contributed by atoms with van der Waals surface area (Å²) in [5.74, 6) is -2.44. The Bertz CT molecular complexity index is 101. The van der Waals surface area contributed by atoms with E-state index in [4.69, 9.17) is 0 Å². The Labute approximate surface area is 74.8 Å². The van der Waals surface area contributed by atoms with Crippen LogP contribution in [0.4, 0.5) is 0 Å². The number of carboxylic acid groups (broad SMARTS) is 1. The minimum atomic E-state index is -1.59. The summed E-state index contributed by atoms with van der Waals surface area (Å²) in [4.78, 5) is 19.3. The molecule has 0 aromatic heterocycles. The summed E-state index contributed by atoms with van der Waals surface area (Å²) in [6.45, 7) is 1.47. The minimum absolute atomic E-state index is 0. The van der Waals surface area contributed by atoms with Gasteiger partial charge in [0.2, 0.25) is 0 Å². The Morgan fingerprint density at radius 3 is 1.78 bits per heavy atom. The predicted molar refractivity (Wildman–Crippen MR) is 23.9 cm³/mol. The van der Waals surface area contributed by atoms with Crippen LogP contribution in [0.3, 0.4) is 0 Å². The topological polar surface area (TPSA) is 88.7 Å². The van der Waals surface area contributed by atoms with Gasteiger partial charge in [0.1, 0.15) is 5.97 Å². The number of aliphatic carboxylic acids is 1. The van der Waals surface area contributed by atoms with E-state index in [-0.39, 0.29) is 41.5 Å². The Balaban J connectivity index is -0.000000180. The van der Waals surface area contributed by atoms with E-state index >= 15 is 0 Å². The van der Waals surface area contributed by atoms with Crippen molar-refractivity contribution in [1.29, 1.82) is 0 Å². The first-order valence-electron chi connectivity index (χ1n) is 1.92. The van der Waals surface area contributed by atoms with Crippen molar-refractivity contribution in [3.05, 3.63) is 0 Å². The Hall–Kier alpha value is 0.100. The van der Waals surface area contributed by atoms with Crippen LogP contribution in [0, 0.1) is 0 Å². The smallest absolute Gasteiger partial charge is 0.542 e. The van der Waals surface area contributed by atoms with Crippen LogP contribution in [0.15, 0.2) is 0 Å². The molecule has 0 aromatic rings. The van der Waals surface area contributed by atoms with Gasteiger partial charge in [0, 0.05) is 6.42 Å². The fraction of sp³-hybridized carbons (Fsp3) is 0.500. The van der Waals surface area contributed by atoms with Gasteiger partial charge in [-0.3, -0.25) is 4.79 Å². The number of hydrogen-bond acceptors (Lipinski definition) is 3. The maximum atomic E-state index is 9.85. The van der Waals surface area contributed by atoms with E-state index in [9.17, 15) is 14.7 Å². The maximum absolute atomic E-state index is 9.85. The van der Waals surface area contributed by atoms with Gasteiger partial charge in [-0.25, -0.2) is 0 Å². The second kappa shape index (κ2) is 8.10. The van der Waals surface area contributed by atoms with Crippen molar-refractivity contribution in [2.45, 2.75) is 13.3 Å². The molecule has 4 nitrogen and oxygen atoms in total. The molecular formula is C4H7NaO4. The SMILES string of the molecule is O.[13CH3]CC(=O)C(=O)[O-].[Na+]. The summed E-state index contributed by atoms with van der Waals surface area (Å²) in [5, 5.41) is 9.47. The molecule has 0 fully saturated rings. The standard InChI is InChI=1S/C4H6O3.Na.H2O/c1-2-3(5)4(6)7;;/h2H2,1H3,(H,6,7);;1H2/q;+1;/p-1/i1+1;;. The molecule has 0 unspecified atom stereocenters. The molecule has 0 aliphatic carbocycles. The normalized spacial score (nSPS) is 6.33. The zero-order chi connectivity index (χ0) is 5.86. The molecule has 0 amide bonds. The molecular weight excluding hydrogens is 136 g/mol. The average Bonchev–Trinajstić information content (AvgIpc) is 1.65. The first kappa shape index (κ1) is 16.0. The van der Waals surface area contributed by atoms with Gasteiger partial charge in [-0.2, -0.15) is 0 Å². The van der Waals surface area contributed by atoms with Crippen LogP contribution >= 0.6 is 0 Å². The number of Topliss-reactive ketones (excluding diaryl/α,β-unsaturated/α-hetero) is 1. The fourth-order valence-corrected chi connectivity index (χ4v) is 0.144. The zero-order valence-electron chi connectivity index (χ0n) is 5.43. The van der Waals surface area contributed by atoms with Crippen molar-refractivity contribution in [3.63, 3.8) is 0 Å². The molecule has 0 aromatic carbocycles. The van der Waals surface area contributed by atoms with Crippen LogP contribution in [0.2, 0.25) is 0 Å². The van der Waals surface area contributed by atoms with Gasteiger partial charge < -0.3 is 15.4 Å². The summed E-state index contributed by atoms with van der Waals surface area (Å²) < 4.78 is 0. The molecule has 2 N–H and O–H groups in total. The Kier molecular flexibility index (Phi) is 14.4. The fourth-order valence-electron chi connectivity index (χ4n) is 0.144. The quantitative estimate of drug-likeness (QED) is 0.220. The van der Waals surface area contributed by atoms with E-state index < -0.39 is 11.8 Å². The Morgan fingerprint density at radius 2 is 1.78 bits per heavy atom. The monoisotopic (exact) mass is 143 g/mol. The van der Waals surface area contributed by atoms with Crippen LogP contribution < -0.4 is 34.7 Å². The van der Waals surface area contributed by atoms with E-state index in [1.807, 2.05) is 0 Å². The second-order valence-corrected chi connectivity index (χ2v) is 1.06. The molecule has 0 aliphatic rings. The van der Waals surface area contributed by atoms with Gasteiger partial charge in [-0.15, -0.1) is 0 Å². The van der Waals surface area contributed by atoms with Crippen LogP contribution in [-0.2, 0) is 9.59 Å². The molecule has 0 atom stereocenters. The maximum Gasteiger partial charge on any atom is 1.00 e. The van der Waals surface area contributed by atoms with Gasteiger partial charge >= 0.3 is 29.6 Å². The largest absolute Gasteiger partial charge is 1.00 e. The number of hydrogen-bond donors (Lipinski definition) is 0. The summed E-state index contributed by atoms with van der Waals surface area (Å²) >= 11 is 0. The molecule has 0 aliphatic heterocycles. The van der Waals surface area contributed by atoms with Crippen LogP contribution in [0.1, 0.15) is 13.3 Å². The van der Waals surface area contributed by atoms with Gasteiger partial charge in [0.15, 0.2) is 5.78 Å². The molecule has 5 heteroatoms. The van der Waals surface area contributed by atoms with Crippen LogP contribution in [0.25, 0.3) is 0 Å². The molecule has 0 spiro atoms. The van der Waals surface area contributed by atoms with E-state index in [0.29, 0.717) is 0 Å². The first-order chi connectivity index (χ1) is 3.18. The third-order valence-electron chi connectivity index (χ3n) is 0.549. The molecule has 0 saturated heterocycles. The van der Waals surface area contributed by atoms with Crippen molar-refractivity contribution in [2.75, 3.05) is 0 Å².